The molecule has 3 aromatic rings. The number of imidazole rings is 1. The van der Waals surface area contributed by atoms with Crippen LogP contribution < -0.4 is 5.32 Å². The highest BCUT2D eigenvalue weighted by atomic mass is 19.1. The summed E-state index contributed by atoms with van der Waals surface area (Å²) >= 11 is 0. The zero-order valence-electron chi connectivity index (χ0n) is 14.3. The number of aliphatic hydroxyl groups is 1. The molecule has 1 unspecified atom stereocenters. The largest absolute Gasteiger partial charge is 0.394 e. The summed E-state index contributed by atoms with van der Waals surface area (Å²) < 4.78 is 16.1. The molecule has 0 amide bonds. The van der Waals surface area contributed by atoms with E-state index >= 15 is 0 Å². The fourth-order valence-electron chi connectivity index (χ4n) is 3.99. The second kappa shape index (κ2) is 6.24. The number of rotatable bonds is 5. The van der Waals surface area contributed by atoms with Crippen molar-refractivity contribution in [2.45, 2.75) is 38.4 Å². The van der Waals surface area contributed by atoms with Gasteiger partial charge < -0.3 is 9.67 Å². The van der Waals surface area contributed by atoms with Gasteiger partial charge in [0.2, 0.25) is 0 Å². The highest BCUT2D eigenvalue weighted by molar-refractivity contribution is 5.76. The average molecular weight is 339 g/mol. The SMILES string of the molecule is CCn1c(CNC2(CO)CCc3ccccc32)nc2c(F)cccc21. The van der Waals surface area contributed by atoms with Crippen LogP contribution in [0.25, 0.3) is 11.0 Å². The molecule has 1 heterocycles. The van der Waals surface area contributed by atoms with Gasteiger partial charge in [0.15, 0.2) is 5.82 Å². The van der Waals surface area contributed by atoms with Gasteiger partial charge in [-0.1, -0.05) is 30.3 Å². The minimum absolute atomic E-state index is 0.0325. The minimum atomic E-state index is -0.453. The molecule has 0 fully saturated rings. The Morgan fingerprint density at radius 1 is 1.24 bits per heavy atom. The molecule has 0 saturated heterocycles. The molecular formula is C20H22FN3O. The van der Waals surface area contributed by atoms with E-state index in [-0.39, 0.29) is 12.4 Å². The lowest BCUT2D eigenvalue weighted by molar-refractivity contribution is 0.157. The molecule has 25 heavy (non-hydrogen) atoms. The van der Waals surface area contributed by atoms with E-state index in [1.807, 2.05) is 29.7 Å². The Hall–Kier alpha value is -2.24. The highest BCUT2D eigenvalue weighted by Crippen LogP contribution is 2.36. The molecule has 0 aliphatic heterocycles. The summed E-state index contributed by atoms with van der Waals surface area (Å²) in [6.07, 6.45) is 1.80. The first kappa shape index (κ1) is 16.2. The van der Waals surface area contributed by atoms with Crippen molar-refractivity contribution in [2.24, 2.45) is 0 Å². The summed E-state index contributed by atoms with van der Waals surface area (Å²) in [6.45, 7) is 3.27. The minimum Gasteiger partial charge on any atom is -0.394 e. The molecule has 0 bridgehead atoms. The van der Waals surface area contributed by atoms with Gasteiger partial charge in [0, 0.05) is 6.54 Å². The van der Waals surface area contributed by atoms with Gasteiger partial charge in [-0.3, -0.25) is 5.32 Å². The molecule has 130 valence electrons. The van der Waals surface area contributed by atoms with Crippen molar-refractivity contribution in [3.05, 3.63) is 65.2 Å². The number of aryl methyl sites for hydroxylation is 2. The van der Waals surface area contributed by atoms with Crippen LogP contribution in [0, 0.1) is 5.82 Å². The fourth-order valence-corrected chi connectivity index (χ4v) is 3.99. The summed E-state index contributed by atoms with van der Waals surface area (Å²) in [6, 6.07) is 13.3. The van der Waals surface area contributed by atoms with E-state index in [1.165, 1.54) is 11.6 Å². The van der Waals surface area contributed by atoms with Gasteiger partial charge in [-0.05, 0) is 43.0 Å². The lowest BCUT2D eigenvalue weighted by atomic mass is 9.92. The van der Waals surface area contributed by atoms with Gasteiger partial charge in [-0.25, -0.2) is 9.37 Å². The number of para-hydroxylation sites is 1. The van der Waals surface area contributed by atoms with Crippen LogP contribution in [0.5, 0.6) is 0 Å². The van der Waals surface area contributed by atoms with Crippen LogP contribution in [0.15, 0.2) is 42.5 Å². The van der Waals surface area contributed by atoms with Crippen molar-refractivity contribution in [1.82, 2.24) is 14.9 Å². The standard InChI is InChI=1S/C20H22FN3O/c1-2-24-17-9-5-8-16(21)19(17)23-18(24)12-22-20(13-25)11-10-14-6-3-4-7-15(14)20/h3-9,22,25H,2,10-13H2,1H3. The normalized spacial score (nSPS) is 19.5. The molecule has 4 rings (SSSR count). The summed E-state index contributed by atoms with van der Waals surface area (Å²) in [7, 11) is 0. The quantitative estimate of drug-likeness (QED) is 0.751. The molecule has 1 aliphatic rings. The first-order chi connectivity index (χ1) is 12.2. The summed E-state index contributed by atoms with van der Waals surface area (Å²) in [5, 5.41) is 13.6. The number of fused-ring (bicyclic) bond motifs is 2. The van der Waals surface area contributed by atoms with E-state index in [0.29, 0.717) is 12.1 Å². The second-order valence-corrected chi connectivity index (χ2v) is 6.63. The molecule has 0 spiro atoms. The number of nitrogens with one attached hydrogen (secondary N) is 1. The van der Waals surface area contributed by atoms with Gasteiger partial charge in [0.1, 0.15) is 11.3 Å². The maximum absolute atomic E-state index is 14.1. The third-order valence-electron chi connectivity index (χ3n) is 5.33. The molecule has 1 atom stereocenters. The summed E-state index contributed by atoms with van der Waals surface area (Å²) in [5.41, 5.74) is 3.20. The Kier molecular flexibility index (Phi) is 4.06. The number of hydrogen-bond donors (Lipinski definition) is 2. The topological polar surface area (TPSA) is 50.1 Å². The third kappa shape index (κ3) is 2.55. The van der Waals surface area contributed by atoms with Crippen molar-refractivity contribution in [3.63, 3.8) is 0 Å². The van der Waals surface area contributed by atoms with Crippen molar-refractivity contribution in [1.29, 1.82) is 0 Å². The van der Waals surface area contributed by atoms with Crippen LogP contribution in [0.2, 0.25) is 0 Å². The Labute approximate surface area is 146 Å². The zero-order valence-corrected chi connectivity index (χ0v) is 14.3. The van der Waals surface area contributed by atoms with Crippen LogP contribution in [0.1, 0.15) is 30.3 Å². The highest BCUT2D eigenvalue weighted by Gasteiger charge is 2.37. The molecule has 0 saturated carbocycles. The van der Waals surface area contributed by atoms with Gasteiger partial charge >= 0.3 is 0 Å². The number of benzene rings is 2. The third-order valence-corrected chi connectivity index (χ3v) is 5.33. The summed E-state index contributed by atoms with van der Waals surface area (Å²) in [4.78, 5) is 4.51. The molecular weight excluding hydrogens is 317 g/mol. The molecule has 2 N–H and O–H groups in total. The number of aliphatic hydroxyl groups excluding tert-OH is 1. The predicted molar refractivity (Wildman–Crippen MR) is 95.7 cm³/mol. The van der Waals surface area contributed by atoms with Crippen molar-refractivity contribution in [3.8, 4) is 0 Å². The maximum Gasteiger partial charge on any atom is 0.151 e. The summed E-state index contributed by atoms with van der Waals surface area (Å²) in [5.74, 6) is 0.494. The van der Waals surface area contributed by atoms with Crippen LogP contribution in [0.3, 0.4) is 0 Å². The number of halogens is 1. The first-order valence-corrected chi connectivity index (χ1v) is 8.76. The Bertz CT molecular complexity index is 920. The molecule has 4 nitrogen and oxygen atoms in total. The molecule has 0 radical (unpaired) electrons. The molecule has 1 aromatic heterocycles. The van der Waals surface area contributed by atoms with Gasteiger partial charge in [0.25, 0.3) is 0 Å². The van der Waals surface area contributed by atoms with E-state index in [0.717, 1.165) is 36.3 Å². The zero-order chi connectivity index (χ0) is 17.4. The van der Waals surface area contributed by atoms with Crippen LogP contribution in [-0.4, -0.2) is 21.3 Å². The van der Waals surface area contributed by atoms with E-state index in [4.69, 9.17) is 0 Å². The van der Waals surface area contributed by atoms with E-state index < -0.39 is 5.54 Å². The monoisotopic (exact) mass is 339 g/mol. The molecule has 5 heteroatoms. The van der Waals surface area contributed by atoms with E-state index in [1.54, 1.807) is 6.07 Å². The second-order valence-electron chi connectivity index (χ2n) is 6.63. The van der Waals surface area contributed by atoms with Gasteiger partial charge in [-0.2, -0.15) is 0 Å². The molecule has 1 aliphatic carbocycles. The van der Waals surface area contributed by atoms with Crippen LogP contribution >= 0.6 is 0 Å². The smallest absolute Gasteiger partial charge is 0.151 e. The van der Waals surface area contributed by atoms with Crippen LogP contribution in [-0.2, 0) is 25.0 Å². The fraction of sp³-hybridized carbons (Fsp3) is 0.350. The number of nitrogens with zero attached hydrogens (tertiary/aromatic N) is 2. The lowest BCUT2D eigenvalue weighted by Gasteiger charge is -2.29. The van der Waals surface area contributed by atoms with E-state index in [9.17, 15) is 9.50 Å². The Morgan fingerprint density at radius 3 is 2.88 bits per heavy atom. The van der Waals surface area contributed by atoms with Crippen molar-refractivity contribution >= 4 is 11.0 Å². The Balaban J connectivity index is 1.67. The van der Waals surface area contributed by atoms with Crippen LogP contribution in [0.4, 0.5) is 4.39 Å². The van der Waals surface area contributed by atoms with E-state index in [2.05, 4.69) is 22.4 Å². The maximum atomic E-state index is 14.1. The first-order valence-electron chi connectivity index (χ1n) is 8.76. The molecule has 2 aromatic carbocycles. The predicted octanol–water partition coefficient (Wildman–Crippen LogP) is 3.12. The van der Waals surface area contributed by atoms with Crippen molar-refractivity contribution < 1.29 is 9.50 Å². The van der Waals surface area contributed by atoms with Crippen molar-refractivity contribution in [2.75, 3.05) is 6.61 Å². The van der Waals surface area contributed by atoms with Gasteiger partial charge in [0.05, 0.1) is 24.2 Å². The number of hydrogen-bond acceptors (Lipinski definition) is 3. The number of aromatic nitrogens is 2. The Morgan fingerprint density at radius 2 is 2.08 bits per heavy atom. The van der Waals surface area contributed by atoms with Gasteiger partial charge in [-0.15, -0.1) is 0 Å². The lowest BCUT2D eigenvalue weighted by Crippen LogP contribution is -2.43. The average Bonchev–Trinajstić information content (AvgIpc) is 3.19.